The van der Waals surface area contributed by atoms with Crippen molar-refractivity contribution in [1.82, 2.24) is 5.32 Å². The van der Waals surface area contributed by atoms with Crippen LogP contribution in [0.25, 0.3) is 0 Å². The van der Waals surface area contributed by atoms with Crippen LogP contribution >= 0.6 is 0 Å². The molecule has 5 nitrogen and oxygen atoms in total. The number of nitrogens with one attached hydrogen (secondary N) is 1. The number of allylic oxidation sites excluding steroid dienone is 4. The van der Waals surface area contributed by atoms with Crippen molar-refractivity contribution in [2.75, 3.05) is 7.05 Å². The summed E-state index contributed by atoms with van der Waals surface area (Å²) in [6.45, 7) is 6.52. The fraction of sp³-hybridized carbons (Fsp3) is 0.679. The van der Waals surface area contributed by atoms with Crippen LogP contribution in [0.1, 0.15) is 71.1 Å². The van der Waals surface area contributed by atoms with E-state index in [9.17, 15) is 15.0 Å². The van der Waals surface area contributed by atoms with Gasteiger partial charge in [0.2, 0.25) is 0 Å². The zero-order valence-corrected chi connectivity index (χ0v) is 20.3. The van der Waals surface area contributed by atoms with E-state index in [2.05, 4.69) is 43.1 Å². The Morgan fingerprint density at radius 1 is 1.27 bits per heavy atom. The van der Waals surface area contributed by atoms with E-state index >= 15 is 0 Å². The van der Waals surface area contributed by atoms with Gasteiger partial charge >= 0.3 is 6.09 Å². The van der Waals surface area contributed by atoms with Gasteiger partial charge in [-0.05, 0) is 98.2 Å². The van der Waals surface area contributed by atoms with Crippen LogP contribution in [0.15, 0.2) is 47.6 Å². The number of alkyl carbamates (subject to hydrolysis) is 1. The topological polar surface area (TPSA) is 78.8 Å². The molecule has 1 amide bonds. The molecule has 0 saturated heterocycles. The van der Waals surface area contributed by atoms with Crippen molar-refractivity contribution in [2.24, 2.45) is 23.2 Å². The number of rotatable bonds is 6. The standard InChI is InChI=1S/C28H41NO4/c1-18-21(16-23(30)17-25(18)31)12-9-19-6-5-15-28(2)22(13-14-24(19)28)7-4-8-26(20-10-11-20)33-27(32)29-3/h4,8-9,12,20,22-26,30-31H,1,5-7,10-11,13-17H2,2-3H3,(H,29,32)/b8-4+,19-9+,21-12-. The molecule has 4 rings (SSSR count). The first-order valence-corrected chi connectivity index (χ1v) is 12.8. The van der Waals surface area contributed by atoms with Gasteiger partial charge in [-0.1, -0.05) is 37.3 Å². The molecule has 3 N–H and O–H groups in total. The smallest absolute Gasteiger partial charge is 0.407 e. The highest BCUT2D eigenvalue weighted by molar-refractivity contribution is 5.67. The lowest BCUT2D eigenvalue weighted by Gasteiger charge is -2.42. The maximum Gasteiger partial charge on any atom is 0.407 e. The van der Waals surface area contributed by atoms with Gasteiger partial charge in [0.15, 0.2) is 0 Å². The molecule has 4 aliphatic carbocycles. The molecule has 0 aromatic carbocycles. The molecule has 0 heterocycles. The van der Waals surface area contributed by atoms with Crippen molar-refractivity contribution in [3.63, 3.8) is 0 Å². The van der Waals surface area contributed by atoms with Crippen molar-refractivity contribution in [2.45, 2.75) is 89.4 Å². The summed E-state index contributed by atoms with van der Waals surface area (Å²) in [5, 5.41) is 22.8. The molecule has 5 heteroatoms. The SMILES string of the molecule is C=C1/C(=C\C=C2/CCCC3(C)C(C/C=C/C(OC(=O)NC)C4CC4)CCC23)CC(O)CC1O. The number of hydrogen-bond donors (Lipinski definition) is 3. The second kappa shape index (κ2) is 10.2. The number of aliphatic hydroxyl groups excluding tert-OH is 2. The fourth-order valence-corrected chi connectivity index (χ4v) is 6.48. The molecule has 0 aliphatic heterocycles. The Labute approximate surface area is 198 Å². The van der Waals surface area contributed by atoms with Crippen molar-refractivity contribution < 1.29 is 19.7 Å². The highest BCUT2D eigenvalue weighted by Crippen LogP contribution is 2.58. The fourth-order valence-electron chi connectivity index (χ4n) is 6.48. The summed E-state index contributed by atoms with van der Waals surface area (Å²) in [5.41, 5.74) is 3.56. The average molecular weight is 456 g/mol. The Balaban J connectivity index is 1.42. The van der Waals surface area contributed by atoms with Crippen molar-refractivity contribution in [1.29, 1.82) is 0 Å². The van der Waals surface area contributed by atoms with Crippen molar-refractivity contribution in [3.05, 3.63) is 47.6 Å². The number of aliphatic hydroxyl groups is 2. The van der Waals surface area contributed by atoms with Crippen LogP contribution in [0.5, 0.6) is 0 Å². The Hall–Kier alpha value is -1.85. The molecule has 4 aliphatic rings. The third-order valence-corrected chi connectivity index (χ3v) is 8.71. The van der Waals surface area contributed by atoms with Gasteiger partial charge in [0.05, 0.1) is 12.2 Å². The van der Waals surface area contributed by atoms with Crippen LogP contribution in [0.4, 0.5) is 4.79 Å². The Morgan fingerprint density at radius 2 is 2.06 bits per heavy atom. The van der Waals surface area contributed by atoms with Gasteiger partial charge in [0.25, 0.3) is 0 Å². The first kappa shape index (κ1) is 24.3. The Morgan fingerprint density at radius 3 is 2.79 bits per heavy atom. The van der Waals surface area contributed by atoms with Gasteiger partial charge < -0.3 is 20.3 Å². The second-order valence-corrected chi connectivity index (χ2v) is 10.9. The molecule has 33 heavy (non-hydrogen) atoms. The first-order valence-electron chi connectivity index (χ1n) is 12.8. The monoisotopic (exact) mass is 455 g/mol. The van der Waals surface area contributed by atoms with Gasteiger partial charge in [-0.2, -0.15) is 0 Å². The normalized spacial score (nSPS) is 38.0. The highest BCUT2D eigenvalue weighted by atomic mass is 16.6. The zero-order valence-electron chi connectivity index (χ0n) is 20.3. The summed E-state index contributed by atoms with van der Waals surface area (Å²) in [7, 11) is 1.61. The maximum atomic E-state index is 11.7. The minimum Gasteiger partial charge on any atom is -0.442 e. The van der Waals surface area contributed by atoms with E-state index in [0.29, 0.717) is 36.0 Å². The van der Waals surface area contributed by atoms with Crippen LogP contribution in [0.2, 0.25) is 0 Å². The number of amides is 1. The number of carbonyl (C=O) groups excluding carboxylic acids is 1. The van der Waals surface area contributed by atoms with Gasteiger partial charge in [-0.15, -0.1) is 0 Å². The number of carbonyl (C=O) groups is 1. The minimum atomic E-state index is -0.635. The summed E-state index contributed by atoms with van der Waals surface area (Å²) in [5.74, 6) is 1.71. The van der Waals surface area contributed by atoms with E-state index in [1.165, 1.54) is 31.3 Å². The van der Waals surface area contributed by atoms with Crippen LogP contribution in [0, 0.1) is 23.2 Å². The first-order chi connectivity index (χ1) is 15.8. The Bertz CT molecular complexity index is 839. The van der Waals surface area contributed by atoms with E-state index in [1.54, 1.807) is 7.05 Å². The van der Waals surface area contributed by atoms with E-state index in [0.717, 1.165) is 36.8 Å². The quantitative estimate of drug-likeness (QED) is 0.481. The largest absolute Gasteiger partial charge is 0.442 e. The molecule has 0 radical (unpaired) electrons. The van der Waals surface area contributed by atoms with Crippen LogP contribution in [-0.4, -0.2) is 41.7 Å². The molecular formula is C28H41NO4. The van der Waals surface area contributed by atoms with Gasteiger partial charge in [0.1, 0.15) is 6.10 Å². The molecule has 4 fully saturated rings. The van der Waals surface area contributed by atoms with Crippen molar-refractivity contribution >= 4 is 6.09 Å². The molecule has 6 unspecified atom stereocenters. The summed E-state index contributed by atoms with van der Waals surface area (Å²) in [6, 6.07) is 0. The lowest BCUT2D eigenvalue weighted by molar-refractivity contribution is 0.0862. The molecule has 0 aromatic rings. The highest BCUT2D eigenvalue weighted by Gasteiger charge is 2.48. The van der Waals surface area contributed by atoms with Crippen molar-refractivity contribution in [3.8, 4) is 0 Å². The molecule has 0 aromatic heterocycles. The average Bonchev–Trinajstić information content (AvgIpc) is 3.57. The van der Waals surface area contributed by atoms with Gasteiger partial charge in [0, 0.05) is 13.5 Å². The molecule has 0 spiro atoms. The minimum absolute atomic E-state index is 0.0994. The summed E-state index contributed by atoms with van der Waals surface area (Å²) >= 11 is 0. The number of ether oxygens (including phenoxy) is 1. The summed E-state index contributed by atoms with van der Waals surface area (Å²) in [4.78, 5) is 11.7. The van der Waals surface area contributed by atoms with Crippen LogP contribution in [0.3, 0.4) is 0 Å². The maximum absolute atomic E-state index is 11.7. The lowest BCUT2D eigenvalue weighted by Crippen LogP contribution is -2.33. The van der Waals surface area contributed by atoms with E-state index < -0.39 is 12.2 Å². The molecule has 4 saturated carbocycles. The Kier molecular flexibility index (Phi) is 7.49. The molecule has 0 bridgehead atoms. The predicted octanol–water partition coefficient (Wildman–Crippen LogP) is 5.21. The molecule has 6 atom stereocenters. The van der Waals surface area contributed by atoms with E-state index in [1.807, 2.05) is 0 Å². The van der Waals surface area contributed by atoms with E-state index in [-0.39, 0.29) is 12.2 Å². The number of hydrogen-bond acceptors (Lipinski definition) is 4. The predicted molar refractivity (Wildman–Crippen MR) is 131 cm³/mol. The molecular weight excluding hydrogens is 414 g/mol. The summed E-state index contributed by atoms with van der Waals surface area (Å²) < 4.78 is 5.56. The second-order valence-electron chi connectivity index (χ2n) is 10.9. The molecule has 182 valence electrons. The van der Waals surface area contributed by atoms with Gasteiger partial charge in [-0.3, -0.25) is 0 Å². The summed E-state index contributed by atoms with van der Waals surface area (Å²) in [6.07, 6.45) is 17.5. The third kappa shape index (κ3) is 5.46. The van der Waals surface area contributed by atoms with Gasteiger partial charge in [-0.25, -0.2) is 4.79 Å². The van der Waals surface area contributed by atoms with E-state index in [4.69, 9.17) is 4.74 Å². The number of fused-ring (bicyclic) bond motifs is 1. The lowest BCUT2D eigenvalue weighted by atomic mass is 9.63. The zero-order chi connectivity index (χ0) is 23.6. The van der Waals surface area contributed by atoms with Crippen LogP contribution < -0.4 is 5.32 Å². The van der Waals surface area contributed by atoms with Crippen LogP contribution in [-0.2, 0) is 4.74 Å². The third-order valence-electron chi connectivity index (χ3n) is 8.71.